The van der Waals surface area contributed by atoms with Gasteiger partial charge >= 0.3 is 0 Å². The summed E-state index contributed by atoms with van der Waals surface area (Å²) in [6, 6.07) is 25.1. The largest absolute Gasteiger partial charge is 0.370 e. The summed E-state index contributed by atoms with van der Waals surface area (Å²) in [5.74, 6) is -1.31. The lowest BCUT2D eigenvalue weighted by Gasteiger charge is -2.29. The molecule has 1 aliphatic heterocycles. The third-order valence-corrected chi connectivity index (χ3v) is 8.21. The van der Waals surface area contributed by atoms with Crippen LogP contribution in [-0.4, -0.2) is 60.9 Å². The number of nitrogens with one attached hydrogen (secondary N) is 2. The molecule has 6 N–H and O–H groups in total. The van der Waals surface area contributed by atoms with Gasteiger partial charge in [-0.3, -0.25) is 14.6 Å². The van der Waals surface area contributed by atoms with Gasteiger partial charge in [0.2, 0.25) is 5.91 Å². The maximum atomic E-state index is 14.0. The van der Waals surface area contributed by atoms with Gasteiger partial charge in [-0.05, 0) is 77.6 Å². The van der Waals surface area contributed by atoms with E-state index < -0.39 is 6.04 Å². The number of carbonyl (C=O) groups is 2. The molecule has 0 aliphatic carbocycles. The highest BCUT2D eigenvalue weighted by molar-refractivity contribution is 5.98. The van der Waals surface area contributed by atoms with Gasteiger partial charge in [0.05, 0.1) is 6.04 Å². The number of amides is 2. The topological polar surface area (TPSA) is 126 Å². The normalized spacial score (nSPS) is 16.9. The van der Waals surface area contributed by atoms with E-state index in [1.54, 1.807) is 35.2 Å². The van der Waals surface area contributed by atoms with Crippen molar-refractivity contribution < 1.29 is 18.4 Å². The molecule has 0 radical (unpaired) electrons. The van der Waals surface area contributed by atoms with Crippen LogP contribution in [0.3, 0.4) is 0 Å². The Labute approximate surface area is 261 Å². The molecule has 1 aliphatic rings. The minimum Gasteiger partial charge on any atom is -0.370 e. The molecule has 2 amide bonds. The Balaban J connectivity index is 1.33. The number of benzene rings is 4. The highest BCUT2D eigenvalue weighted by Gasteiger charge is 2.32. The molecule has 5 rings (SSSR count). The van der Waals surface area contributed by atoms with Crippen molar-refractivity contribution in [1.29, 1.82) is 0 Å². The molecule has 1 saturated heterocycles. The molecule has 10 heteroatoms. The van der Waals surface area contributed by atoms with Crippen molar-refractivity contribution in [3.63, 3.8) is 0 Å². The van der Waals surface area contributed by atoms with Crippen LogP contribution in [-0.2, 0) is 4.79 Å². The lowest BCUT2D eigenvalue weighted by molar-refractivity contribution is -0.133. The number of halogens is 2. The van der Waals surface area contributed by atoms with Crippen molar-refractivity contribution >= 4 is 28.5 Å². The second-order valence-corrected chi connectivity index (χ2v) is 11.4. The maximum absolute atomic E-state index is 14.0. The molecule has 2 unspecified atom stereocenters. The number of fused-ring (bicyclic) bond motifs is 1. The first kappa shape index (κ1) is 31.6. The van der Waals surface area contributed by atoms with E-state index in [1.807, 2.05) is 36.4 Å². The molecule has 0 saturated carbocycles. The highest BCUT2D eigenvalue weighted by Crippen LogP contribution is 2.28. The Kier molecular flexibility index (Phi) is 10.4. The molecule has 0 aromatic heterocycles. The highest BCUT2D eigenvalue weighted by atomic mass is 19.1. The summed E-state index contributed by atoms with van der Waals surface area (Å²) in [4.78, 5) is 32.9. The Hall–Kier alpha value is -4.83. The fourth-order valence-corrected chi connectivity index (χ4v) is 5.80. The molecule has 0 spiro atoms. The van der Waals surface area contributed by atoms with Crippen LogP contribution in [0.5, 0.6) is 0 Å². The predicted molar refractivity (Wildman–Crippen MR) is 173 cm³/mol. The first-order valence-corrected chi connectivity index (χ1v) is 15.1. The minimum absolute atomic E-state index is 0.00695. The lowest BCUT2D eigenvalue weighted by Crippen LogP contribution is -2.49. The summed E-state index contributed by atoms with van der Waals surface area (Å²) >= 11 is 0. The third kappa shape index (κ3) is 8.42. The van der Waals surface area contributed by atoms with Gasteiger partial charge in [-0.2, -0.15) is 0 Å². The van der Waals surface area contributed by atoms with E-state index in [4.69, 9.17) is 11.5 Å². The fourth-order valence-electron chi connectivity index (χ4n) is 5.80. The zero-order valence-corrected chi connectivity index (χ0v) is 25.0. The van der Waals surface area contributed by atoms with E-state index in [2.05, 4.69) is 15.6 Å². The van der Waals surface area contributed by atoms with Crippen molar-refractivity contribution in [1.82, 2.24) is 15.5 Å². The lowest BCUT2D eigenvalue weighted by atomic mass is 9.90. The van der Waals surface area contributed by atoms with Gasteiger partial charge in [0, 0.05) is 43.7 Å². The van der Waals surface area contributed by atoms with Crippen LogP contribution in [0.15, 0.2) is 96.0 Å². The van der Waals surface area contributed by atoms with Crippen LogP contribution in [0.4, 0.5) is 8.78 Å². The number of hydrogen-bond acceptors (Lipinski definition) is 4. The van der Waals surface area contributed by atoms with Crippen molar-refractivity contribution in [2.75, 3.05) is 26.2 Å². The van der Waals surface area contributed by atoms with Gasteiger partial charge in [-0.25, -0.2) is 8.78 Å². The summed E-state index contributed by atoms with van der Waals surface area (Å²) in [7, 11) is 0. The third-order valence-electron chi connectivity index (χ3n) is 8.21. The van der Waals surface area contributed by atoms with E-state index in [1.165, 1.54) is 24.3 Å². The van der Waals surface area contributed by atoms with E-state index in [0.29, 0.717) is 51.0 Å². The average molecular weight is 613 g/mol. The van der Waals surface area contributed by atoms with Gasteiger partial charge in [-0.1, -0.05) is 54.6 Å². The second kappa shape index (κ2) is 14.8. The Morgan fingerprint density at radius 3 is 2.22 bits per heavy atom. The van der Waals surface area contributed by atoms with Crippen LogP contribution < -0.4 is 22.1 Å². The first-order chi connectivity index (χ1) is 21.8. The van der Waals surface area contributed by atoms with Crippen molar-refractivity contribution in [3.05, 3.63) is 119 Å². The Bertz CT molecular complexity index is 1600. The SMILES string of the molecule is NC(N)=NCCCC1NC(CNC(=O)c2ccc3ccccc3c2)CCN(CC(c2ccc(F)cc2)c2ccc(F)cc2)C1=O. The molecule has 4 aromatic carbocycles. The van der Waals surface area contributed by atoms with Crippen LogP contribution in [0, 0.1) is 11.6 Å². The zero-order chi connectivity index (χ0) is 31.8. The summed E-state index contributed by atoms with van der Waals surface area (Å²) in [6.07, 6.45) is 1.65. The number of aliphatic imine (C=N–C) groups is 1. The summed E-state index contributed by atoms with van der Waals surface area (Å²) in [5.41, 5.74) is 13.2. The second-order valence-electron chi connectivity index (χ2n) is 11.4. The zero-order valence-electron chi connectivity index (χ0n) is 25.0. The first-order valence-electron chi connectivity index (χ1n) is 15.1. The van der Waals surface area contributed by atoms with Crippen LogP contribution >= 0.6 is 0 Å². The fraction of sp³-hybridized carbons (Fsp3) is 0.286. The van der Waals surface area contributed by atoms with Gasteiger partial charge < -0.3 is 27.0 Å². The van der Waals surface area contributed by atoms with Crippen LogP contribution in [0.2, 0.25) is 0 Å². The van der Waals surface area contributed by atoms with Crippen LogP contribution in [0.1, 0.15) is 46.7 Å². The molecule has 45 heavy (non-hydrogen) atoms. The molecule has 8 nitrogen and oxygen atoms in total. The number of hydrogen-bond donors (Lipinski definition) is 4. The smallest absolute Gasteiger partial charge is 0.251 e. The number of carbonyl (C=O) groups excluding carboxylic acids is 2. The molecule has 234 valence electrons. The predicted octanol–water partition coefficient (Wildman–Crippen LogP) is 4.29. The summed E-state index contributed by atoms with van der Waals surface area (Å²) in [6.45, 7) is 1.46. The molecule has 2 atom stereocenters. The van der Waals surface area contributed by atoms with E-state index >= 15 is 0 Å². The number of nitrogens with zero attached hydrogens (tertiary/aromatic N) is 2. The van der Waals surface area contributed by atoms with E-state index in [9.17, 15) is 18.4 Å². The van der Waals surface area contributed by atoms with E-state index in [0.717, 1.165) is 21.9 Å². The number of rotatable bonds is 11. The maximum Gasteiger partial charge on any atom is 0.251 e. The number of guanidine groups is 1. The van der Waals surface area contributed by atoms with Crippen LogP contribution in [0.25, 0.3) is 10.8 Å². The average Bonchev–Trinajstić information content (AvgIpc) is 3.19. The minimum atomic E-state index is -0.536. The summed E-state index contributed by atoms with van der Waals surface area (Å²) in [5, 5.41) is 8.55. The van der Waals surface area contributed by atoms with Gasteiger partial charge in [-0.15, -0.1) is 0 Å². The van der Waals surface area contributed by atoms with E-state index in [-0.39, 0.29) is 41.4 Å². The standard InChI is InChI=1S/C35H38F2N6O2/c36-28-13-9-24(10-14-28)31(25-11-15-29(37)16-12-25)22-43-19-17-30(42-32(34(43)45)6-3-18-40-35(38)39)21-41-33(44)27-8-7-23-4-1-2-5-26(23)20-27/h1-2,4-5,7-16,20,30-32,42H,3,6,17-19,21-22H2,(H,41,44)(H4,38,39,40). The molecule has 1 fully saturated rings. The molecule has 0 bridgehead atoms. The van der Waals surface area contributed by atoms with Crippen molar-refractivity contribution in [2.24, 2.45) is 16.5 Å². The Morgan fingerprint density at radius 2 is 1.58 bits per heavy atom. The van der Waals surface area contributed by atoms with Crippen molar-refractivity contribution in [2.45, 2.75) is 37.3 Å². The molecular formula is C35H38F2N6O2. The summed E-state index contributed by atoms with van der Waals surface area (Å²) < 4.78 is 27.6. The quantitative estimate of drug-likeness (QED) is 0.114. The van der Waals surface area contributed by atoms with Gasteiger partial charge in [0.15, 0.2) is 5.96 Å². The number of nitrogens with two attached hydrogens (primary N) is 2. The van der Waals surface area contributed by atoms with Gasteiger partial charge in [0.1, 0.15) is 11.6 Å². The van der Waals surface area contributed by atoms with Crippen molar-refractivity contribution in [3.8, 4) is 0 Å². The Morgan fingerprint density at radius 1 is 0.933 bits per heavy atom. The molecule has 1 heterocycles. The molecular weight excluding hydrogens is 574 g/mol. The monoisotopic (exact) mass is 612 g/mol. The molecule has 4 aromatic rings. The van der Waals surface area contributed by atoms with Gasteiger partial charge in [0.25, 0.3) is 5.91 Å².